The molecule has 2 aromatic carbocycles. The van der Waals surface area contributed by atoms with Crippen molar-refractivity contribution < 1.29 is 9.84 Å². The molecular weight excluding hydrogens is 292 g/mol. The van der Waals surface area contributed by atoms with Crippen LogP contribution in [0.5, 0.6) is 5.75 Å². The maximum Gasteiger partial charge on any atom is 0.120 e. The lowest BCUT2D eigenvalue weighted by molar-refractivity contribution is 0.141. The first kappa shape index (κ1) is 13.1. The first-order valence-electron chi connectivity index (χ1n) is 5.87. The van der Waals surface area contributed by atoms with Crippen LogP contribution < -0.4 is 4.74 Å². The van der Waals surface area contributed by atoms with Gasteiger partial charge in [0.1, 0.15) is 5.75 Å². The average molecular weight is 307 g/mol. The number of aliphatic hydroxyl groups is 1. The Balaban J connectivity index is 1.82. The molecule has 0 radical (unpaired) electrons. The summed E-state index contributed by atoms with van der Waals surface area (Å²) in [6.07, 6.45) is 0.106. The fourth-order valence-electron chi connectivity index (χ4n) is 1.69. The topological polar surface area (TPSA) is 29.5 Å². The van der Waals surface area contributed by atoms with Gasteiger partial charge in [-0.25, -0.2) is 0 Å². The average Bonchev–Trinajstić information content (AvgIpc) is 2.40. The molecule has 0 saturated carbocycles. The van der Waals surface area contributed by atoms with E-state index in [2.05, 4.69) is 15.9 Å². The third kappa shape index (κ3) is 3.86. The summed E-state index contributed by atoms with van der Waals surface area (Å²) in [5.41, 5.74) is 0.926. The van der Waals surface area contributed by atoms with Crippen LogP contribution in [0.3, 0.4) is 0 Å². The predicted octanol–water partition coefficient (Wildman–Crippen LogP) is 3.95. The molecule has 1 N–H and O–H groups in total. The third-order valence-corrected chi connectivity index (χ3v) is 3.13. The smallest absolute Gasteiger partial charge is 0.120 e. The molecule has 0 unspecified atom stereocenters. The number of hydrogen-bond donors (Lipinski definition) is 1. The van der Waals surface area contributed by atoms with Gasteiger partial charge in [-0.15, -0.1) is 0 Å². The van der Waals surface area contributed by atoms with Gasteiger partial charge in [0.15, 0.2) is 0 Å². The van der Waals surface area contributed by atoms with Crippen molar-refractivity contribution in [2.45, 2.75) is 12.5 Å². The molecule has 0 fully saturated rings. The van der Waals surface area contributed by atoms with Crippen molar-refractivity contribution in [2.24, 2.45) is 0 Å². The summed E-state index contributed by atoms with van der Waals surface area (Å²) in [4.78, 5) is 0. The lowest BCUT2D eigenvalue weighted by Crippen LogP contribution is -2.05. The maximum atomic E-state index is 9.96. The molecule has 0 saturated heterocycles. The minimum absolute atomic E-state index is 0.474. The Kier molecular flexibility index (Phi) is 4.79. The van der Waals surface area contributed by atoms with E-state index in [1.165, 1.54) is 0 Å². The van der Waals surface area contributed by atoms with Gasteiger partial charge in [0.05, 0.1) is 12.7 Å². The van der Waals surface area contributed by atoms with E-state index in [-0.39, 0.29) is 0 Å². The lowest BCUT2D eigenvalue weighted by atomic mass is 10.1. The molecule has 2 nitrogen and oxygen atoms in total. The first-order valence-corrected chi connectivity index (χ1v) is 6.66. The normalized spacial score (nSPS) is 12.1. The van der Waals surface area contributed by atoms with Crippen LogP contribution in [0.4, 0.5) is 0 Å². The highest BCUT2D eigenvalue weighted by Gasteiger charge is 2.06. The Bertz CT molecular complexity index is 485. The summed E-state index contributed by atoms with van der Waals surface area (Å²) in [5.74, 6) is 0.810. The van der Waals surface area contributed by atoms with Gasteiger partial charge in [0, 0.05) is 10.9 Å². The van der Waals surface area contributed by atoms with Gasteiger partial charge >= 0.3 is 0 Å². The number of benzene rings is 2. The van der Waals surface area contributed by atoms with Crippen molar-refractivity contribution in [1.82, 2.24) is 0 Å². The van der Waals surface area contributed by atoms with E-state index in [1.807, 2.05) is 54.6 Å². The highest BCUT2D eigenvalue weighted by Crippen LogP contribution is 2.20. The van der Waals surface area contributed by atoms with E-state index in [4.69, 9.17) is 4.74 Å². The maximum absolute atomic E-state index is 9.96. The standard InChI is InChI=1S/C15H15BrO2/c16-13-7-4-8-14(11-13)18-10-9-15(17)12-5-2-1-3-6-12/h1-8,11,15,17H,9-10H2/t15-/m1/s1. The summed E-state index contributed by atoms with van der Waals surface area (Å²) in [5, 5.41) is 9.96. The van der Waals surface area contributed by atoms with Crippen LogP contribution in [0.2, 0.25) is 0 Å². The van der Waals surface area contributed by atoms with Crippen molar-refractivity contribution in [2.75, 3.05) is 6.61 Å². The summed E-state index contributed by atoms with van der Waals surface area (Å²) in [6, 6.07) is 17.3. The molecule has 1 atom stereocenters. The van der Waals surface area contributed by atoms with Crippen molar-refractivity contribution in [3.63, 3.8) is 0 Å². The van der Waals surface area contributed by atoms with Gasteiger partial charge in [-0.05, 0) is 23.8 Å². The number of aliphatic hydroxyl groups excluding tert-OH is 1. The van der Waals surface area contributed by atoms with Gasteiger partial charge in [-0.3, -0.25) is 0 Å². The summed E-state index contributed by atoms with van der Waals surface area (Å²) < 4.78 is 6.58. The molecule has 0 heterocycles. The molecule has 0 bridgehead atoms. The second kappa shape index (κ2) is 6.57. The van der Waals surface area contributed by atoms with E-state index in [1.54, 1.807) is 0 Å². The van der Waals surface area contributed by atoms with Gasteiger partial charge in [-0.2, -0.15) is 0 Å². The third-order valence-electron chi connectivity index (χ3n) is 2.64. The molecule has 0 aliphatic rings. The monoisotopic (exact) mass is 306 g/mol. The molecule has 0 aromatic heterocycles. The fraction of sp³-hybridized carbons (Fsp3) is 0.200. The zero-order chi connectivity index (χ0) is 12.8. The highest BCUT2D eigenvalue weighted by molar-refractivity contribution is 9.10. The molecular formula is C15H15BrO2. The first-order chi connectivity index (χ1) is 8.75. The number of rotatable bonds is 5. The Morgan fingerprint density at radius 3 is 2.56 bits per heavy atom. The molecule has 2 rings (SSSR count). The second-order valence-corrected chi connectivity index (χ2v) is 4.94. The van der Waals surface area contributed by atoms with Crippen LogP contribution in [0, 0.1) is 0 Å². The van der Waals surface area contributed by atoms with Crippen LogP contribution in [0.15, 0.2) is 59.1 Å². The summed E-state index contributed by atoms with van der Waals surface area (Å²) in [7, 11) is 0. The van der Waals surface area contributed by atoms with Gasteiger partial charge < -0.3 is 9.84 Å². The Morgan fingerprint density at radius 1 is 1.06 bits per heavy atom. The largest absolute Gasteiger partial charge is 0.493 e. The van der Waals surface area contributed by atoms with Crippen molar-refractivity contribution >= 4 is 15.9 Å². The predicted molar refractivity (Wildman–Crippen MR) is 75.7 cm³/mol. The summed E-state index contributed by atoms with van der Waals surface area (Å²) in [6.45, 7) is 0.493. The summed E-state index contributed by atoms with van der Waals surface area (Å²) >= 11 is 3.39. The van der Waals surface area contributed by atoms with E-state index in [9.17, 15) is 5.11 Å². The van der Waals surface area contributed by atoms with Crippen molar-refractivity contribution in [3.8, 4) is 5.75 Å². The van der Waals surface area contributed by atoms with Crippen LogP contribution in [0.1, 0.15) is 18.1 Å². The quantitative estimate of drug-likeness (QED) is 0.906. The number of hydrogen-bond acceptors (Lipinski definition) is 2. The molecule has 0 aliphatic heterocycles. The van der Waals surface area contributed by atoms with Gasteiger partial charge in [0.25, 0.3) is 0 Å². The molecule has 18 heavy (non-hydrogen) atoms. The zero-order valence-corrected chi connectivity index (χ0v) is 11.5. The van der Waals surface area contributed by atoms with Crippen molar-refractivity contribution in [3.05, 3.63) is 64.6 Å². The van der Waals surface area contributed by atoms with Gasteiger partial charge in [0.2, 0.25) is 0 Å². The Hall–Kier alpha value is -1.32. The zero-order valence-electron chi connectivity index (χ0n) is 9.92. The van der Waals surface area contributed by atoms with Crippen LogP contribution in [0.25, 0.3) is 0 Å². The van der Waals surface area contributed by atoms with Crippen LogP contribution in [-0.4, -0.2) is 11.7 Å². The molecule has 2 aromatic rings. The van der Waals surface area contributed by atoms with Crippen LogP contribution in [-0.2, 0) is 0 Å². The Labute approximate surface area is 115 Å². The molecule has 0 aliphatic carbocycles. The fourth-order valence-corrected chi connectivity index (χ4v) is 2.07. The molecule has 0 amide bonds. The molecule has 94 valence electrons. The minimum Gasteiger partial charge on any atom is -0.493 e. The number of halogens is 1. The second-order valence-electron chi connectivity index (χ2n) is 4.02. The highest BCUT2D eigenvalue weighted by atomic mass is 79.9. The van der Waals surface area contributed by atoms with Crippen molar-refractivity contribution in [1.29, 1.82) is 0 Å². The molecule has 3 heteroatoms. The van der Waals surface area contributed by atoms with E-state index >= 15 is 0 Å². The number of ether oxygens (including phenoxy) is 1. The molecule has 0 spiro atoms. The Morgan fingerprint density at radius 2 is 1.83 bits per heavy atom. The SMILES string of the molecule is O[C@H](CCOc1cccc(Br)c1)c1ccccc1. The lowest BCUT2D eigenvalue weighted by Gasteiger charge is -2.12. The van der Waals surface area contributed by atoms with E-state index in [0.717, 1.165) is 15.8 Å². The minimum atomic E-state index is -0.474. The van der Waals surface area contributed by atoms with E-state index in [0.29, 0.717) is 13.0 Å². The van der Waals surface area contributed by atoms with Gasteiger partial charge in [-0.1, -0.05) is 52.3 Å². The van der Waals surface area contributed by atoms with E-state index < -0.39 is 6.10 Å². The van der Waals surface area contributed by atoms with Crippen LogP contribution >= 0.6 is 15.9 Å².